The van der Waals surface area contributed by atoms with Crippen molar-refractivity contribution in [3.63, 3.8) is 0 Å². The number of hydrogen-bond acceptors (Lipinski definition) is 4. The molecular formula is C21H29N3O3. The SMILES string of the molecule is O=C(CC1CC2CCC(C1)N2)NC1CC(=O)N(CCOc2ccccc2)C1. The highest BCUT2D eigenvalue weighted by Gasteiger charge is 2.35. The number of fused-ring (bicyclic) bond motifs is 2. The van der Waals surface area contributed by atoms with Gasteiger partial charge in [0.2, 0.25) is 11.8 Å². The lowest BCUT2D eigenvalue weighted by Crippen LogP contribution is -2.42. The van der Waals surface area contributed by atoms with Gasteiger partial charge in [-0.1, -0.05) is 18.2 Å². The minimum absolute atomic E-state index is 0.0693. The molecule has 2 N–H and O–H groups in total. The average Bonchev–Trinajstić information content (AvgIpc) is 3.17. The summed E-state index contributed by atoms with van der Waals surface area (Å²) in [6.45, 7) is 1.60. The Bertz CT molecular complexity index is 654. The first-order valence-corrected chi connectivity index (χ1v) is 10.2. The maximum atomic E-state index is 12.4. The molecule has 6 nitrogen and oxygen atoms in total. The van der Waals surface area contributed by atoms with Crippen LogP contribution >= 0.6 is 0 Å². The van der Waals surface area contributed by atoms with Gasteiger partial charge < -0.3 is 20.3 Å². The van der Waals surface area contributed by atoms with E-state index in [1.165, 1.54) is 12.8 Å². The van der Waals surface area contributed by atoms with Gasteiger partial charge in [-0.3, -0.25) is 9.59 Å². The van der Waals surface area contributed by atoms with E-state index in [0.29, 0.717) is 50.5 Å². The molecule has 0 aliphatic carbocycles. The molecule has 2 bridgehead atoms. The summed E-state index contributed by atoms with van der Waals surface area (Å²) < 4.78 is 5.67. The average molecular weight is 371 g/mol. The Labute approximate surface area is 160 Å². The topological polar surface area (TPSA) is 70.7 Å². The summed E-state index contributed by atoms with van der Waals surface area (Å²) in [6.07, 6.45) is 5.71. The fourth-order valence-electron chi connectivity index (χ4n) is 4.77. The predicted molar refractivity (Wildman–Crippen MR) is 102 cm³/mol. The van der Waals surface area contributed by atoms with Crippen molar-refractivity contribution < 1.29 is 14.3 Å². The molecule has 6 heteroatoms. The highest BCUT2D eigenvalue weighted by Crippen LogP contribution is 2.32. The van der Waals surface area contributed by atoms with Crippen LogP contribution in [0.15, 0.2) is 30.3 Å². The van der Waals surface area contributed by atoms with E-state index in [9.17, 15) is 9.59 Å². The minimum Gasteiger partial charge on any atom is -0.492 e. The molecule has 4 rings (SSSR count). The van der Waals surface area contributed by atoms with Crippen LogP contribution in [0.3, 0.4) is 0 Å². The second-order valence-electron chi connectivity index (χ2n) is 8.15. The number of para-hydroxylation sites is 1. The van der Waals surface area contributed by atoms with Gasteiger partial charge in [0.1, 0.15) is 12.4 Å². The lowest BCUT2D eigenvalue weighted by molar-refractivity contribution is -0.128. The summed E-state index contributed by atoms with van der Waals surface area (Å²) in [4.78, 5) is 26.4. The van der Waals surface area contributed by atoms with Crippen molar-refractivity contribution >= 4 is 11.8 Å². The third kappa shape index (κ3) is 4.80. The van der Waals surface area contributed by atoms with Gasteiger partial charge in [0.05, 0.1) is 12.6 Å². The monoisotopic (exact) mass is 371 g/mol. The molecule has 3 aliphatic heterocycles. The summed E-state index contributed by atoms with van der Waals surface area (Å²) in [5.74, 6) is 1.49. The third-order valence-corrected chi connectivity index (χ3v) is 6.00. The number of carbonyl (C=O) groups excluding carboxylic acids is 2. The molecule has 2 amide bonds. The first-order chi connectivity index (χ1) is 13.2. The van der Waals surface area contributed by atoms with Crippen molar-refractivity contribution in [2.24, 2.45) is 5.92 Å². The number of amides is 2. The standard InChI is InChI=1S/C21H29N3O3/c25-20(12-15-10-16-6-7-17(11-15)22-16)23-18-13-21(26)24(14-18)8-9-27-19-4-2-1-3-5-19/h1-5,15-18,22H,6-14H2,(H,23,25). The quantitative estimate of drug-likeness (QED) is 0.765. The first-order valence-electron chi connectivity index (χ1n) is 10.2. The summed E-state index contributed by atoms with van der Waals surface area (Å²) >= 11 is 0. The second kappa shape index (κ2) is 8.30. The van der Waals surface area contributed by atoms with Gasteiger partial charge >= 0.3 is 0 Å². The smallest absolute Gasteiger partial charge is 0.224 e. The Hall–Kier alpha value is -2.08. The van der Waals surface area contributed by atoms with Gasteiger partial charge in [-0.15, -0.1) is 0 Å². The molecule has 3 aliphatic rings. The van der Waals surface area contributed by atoms with E-state index >= 15 is 0 Å². The van der Waals surface area contributed by atoms with Crippen LogP contribution in [-0.4, -0.2) is 54.5 Å². The van der Waals surface area contributed by atoms with E-state index in [1.807, 2.05) is 30.3 Å². The van der Waals surface area contributed by atoms with Crippen molar-refractivity contribution in [1.29, 1.82) is 0 Å². The summed E-state index contributed by atoms with van der Waals surface area (Å²) in [5, 5.41) is 6.70. The molecule has 146 valence electrons. The molecule has 3 atom stereocenters. The van der Waals surface area contributed by atoms with Crippen LogP contribution in [0.4, 0.5) is 0 Å². The van der Waals surface area contributed by atoms with Crippen molar-refractivity contribution in [3.05, 3.63) is 30.3 Å². The normalized spacial score (nSPS) is 29.8. The fourth-order valence-corrected chi connectivity index (χ4v) is 4.77. The van der Waals surface area contributed by atoms with Gasteiger partial charge in [-0.25, -0.2) is 0 Å². The van der Waals surface area contributed by atoms with E-state index in [-0.39, 0.29) is 17.9 Å². The molecule has 3 saturated heterocycles. The van der Waals surface area contributed by atoms with Crippen molar-refractivity contribution in [3.8, 4) is 5.75 Å². The molecular weight excluding hydrogens is 342 g/mol. The zero-order chi connectivity index (χ0) is 18.6. The van der Waals surface area contributed by atoms with Gasteiger partial charge in [-0.2, -0.15) is 0 Å². The molecule has 1 aromatic rings. The minimum atomic E-state index is -0.0693. The van der Waals surface area contributed by atoms with Gasteiger partial charge in [0, 0.05) is 31.5 Å². The van der Waals surface area contributed by atoms with Gasteiger partial charge in [0.15, 0.2) is 0 Å². The predicted octanol–water partition coefficient (Wildman–Crippen LogP) is 1.70. The molecule has 0 saturated carbocycles. The Morgan fingerprint density at radius 2 is 1.93 bits per heavy atom. The Morgan fingerprint density at radius 1 is 1.19 bits per heavy atom. The van der Waals surface area contributed by atoms with Crippen molar-refractivity contribution in [2.45, 2.75) is 56.7 Å². The number of nitrogens with zero attached hydrogens (tertiary/aromatic N) is 1. The number of likely N-dealkylation sites (tertiary alicyclic amines) is 1. The Morgan fingerprint density at radius 3 is 2.67 bits per heavy atom. The second-order valence-corrected chi connectivity index (χ2v) is 8.15. The van der Waals surface area contributed by atoms with Gasteiger partial charge in [-0.05, 0) is 43.7 Å². The number of piperidine rings is 1. The van der Waals surface area contributed by atoms with Crippen LogP contribution in [0.25, 0.3) is 0 Å². The molecule has 3 heterocycles. The van der Waals surface area contributed by atoms with E-state index in [4.69, 9.17) is 4.74 Å². The molecule has 0 spiro atoms. The fraction of sp³-hybridized carbons (Fsp3) is 0.619. The van der Waals surface area contributed by atoms with Crippen LogP contribution in [0.2, 0.25) is 0 Å². The lowest BCUT2D eigenvalue weighted by atomic mass is 9.89. The summed E-state index contributed by atoms with van der Waals surface area (Å²) in [7, 11) is 0. The molecule has 0 aromatic heterocycles. The number of rotatable bonds is 7. The van der Waals surface area contributed by atoms with E-state index in [2.05, 4.69) is 10.6 Å². The highest BCUT2D eigenvalue weighted by atomic mass is 16.5. The van der Waals surface area contributed by atoms with E-state index in [1.54, 1.807) is 4.90 Å². The largest absolute Gasteiger partial charge is 0.492 e. The Kier molecular flexibility index (Phi) is 5.62. The molecule has 3 fully saturated rings. The zero-order valence-electron chi connectivity index (χ0n) is 15.7. The van der Waals surface area contributed by atoms with Crippen LogP contribution in [0.5, 0.6) is 5.75 Å². The zero-order valence-corrected chi connectivity index (χ0v) is 15.7. The van der Waals surface area contributed by atoms with Crippen LogP contribution in [0, 0.1) is 5.92 Å². The number of benzene rings is 1. The van der Waals surface area contributed by atoms with Crippen molar-refractivity contribution in [1.82, 2.24) is 15.5 Å². The lowest BCUT2D eigenvalue weighted by Gasteiger charge is -2.29. The van der Waals surface area contributed by atoms with Crippen LogP contribution < -0.4 is 15.4 Å². The molecule has 27 heavy (non-hydrogen) atoms. The highest BCUT2D eigenvalue weighted by molar-refractivity contribution is 5.82. The third-order valence-electron chi connectivity index (χ3n) is 6.00. The van der Waals surface area contributed by atoms with Crippen LogP contribution in [-0.2, 0) is 9.59 Å². The summed E-state index contributed by atoms with van der Waals surface area (Å²) in [5.41, 5.74) is 0. The summed E-state index contributed by atoms with van der Waals surface area (Å²) in [6, 6.07) is 10.7. The van der Waals surface area contributed by atoms with Crippen molar-refractivity contribution in [2.75, 3.05) is 19.7 Å². The van der Waals surface area contributed by atoms with Gasteiger partial charge in [0.25, 0.3) is 0 Å². The number of nitrogens with one attached hydrogen (secondary N) is 2. The maximum Gasteiger partial charge on any atom is 0.224 e. The van der Waals surface area contributed by atoms with E-state index in [0.717, 1.165) is 18.6 Å². The Balaban J connectivity index is 1.18. The maximum absolute atomic E-state index is 12.4. The molecule has 0 radical (unpaired) electrons. The molecule has 3 unspecified atom stereocenters. The number of hydrogen-bond donors (Lipinski definition) is 2. The van der Waals surface area contributed by atoms with Crippen LogP contribution in [0.1, 0.15) is 38.5 Å². The number of ether oxygens (including phenoxy) is 1. The molecule has 1 aromatic carbocycles. The first kappa shape index (κ1) is 18.3. The van der Waals surface area contributed by atoms with E-state index < -0.39 is 0 Å². The number of carbonyl (C=O) groups is 2.